The lowest BCUT2D eigenvalue weighted by atomic mass is 9.99. The molecule has 2 aromatic carbocycles. The molecule has 0 atom stereocenters. The van der Waals surface area contributed by atoms with Crippen LogP contribution in [-0.4, -0.2) is 12.4 Å². The zero-order chi connectivity index (χ0) is 15.0. The van der Waals surface area contributed by atoms with Crippen molar-refractivity contribution in [2.24, 2.45) is 5.73 Å². The summed E-state index contributed by atoms with van der Waals surface area (Å²) in [7, 11) is 0. The molecule has 3 rings (SSSR count). The molecule has 5 heteroatoms. The van der Waals surface area contributed by atoms with Crippen LogP contribution in [0.3, 0.4) is 0 Å². The molecule has 3 N–H and O–H groups in total. The fourth-order valence-electron chi connectivity index (χ4n) is 2.69. The summed E-state index contributed by atoms with van der Waals surface area (Å²) < 4.78 is 14.8. The first-order valence-corrected chi connectivity index (χ1v) is 7.51. The summed E-state index contributed by atoms with van der Waals surface area (Å²) in [6, 6.07) is 11.6. The maximum Gasteiger partial charge on any atom is 0.161 e. The molecule has 3 nitrogen and oxygen atoms in total. The molecule has 0 unspecified atom stereocenters. The molecular weight excluding hydrogens is 333 g/mol. The van der Waals surface area contributed by atoms with Crippen LogP contribution in [0.15, 0.2) is 40.9 Å². The molecule has 0 radical (unpaired) electrons. The maximum atomic E-state index is 14.5. The van der Waals surface area contributed by atoms with Gasteiger partial charge in [0.05, 0.1) is 10.2 Å². The van der Waals surface area contributed by atoms with Crippen LogP contribution in [0.1, 0.15) is 16.7 Å². The lowest BCUT2D eigenvalue weighted by molar-refractivity contribution is 0.604. The van der Waals surface area contributed by atoms with Gasteiger partial charge in [-0.2, -0.15) is 0 Å². The first-order valence-electron chi connectivity index (χ1n) is 6.72. The number of hydrogen-bond acceptors (Lipinski definition) is 2. The van der Waals surface area contributed by atoms with Crippen LogP contribution in [0.25, 0.3) is 0 Å². The monoisotopic (exact) mass is 347 g/mol. The third-order valence-electron chi connectivity index (χ3n) is 3.82. The van der Waals surface area contributed by atoms with Gasteiger partial charge in [-0.1, -0.05) is 24.3 Å². The fourth-order valence-corrected chi connectivity index (χ4v) is 3.24. The SMILES string of the molecule is N=C(N)c1ccc(N2CCc3ccccc3C2)c(F)c1Br. The van der Waals surface area contributed by atoms with Crippen molar-refractivity contribution in [3.63, 3.8) is 0 Å². The number of nitrogens with two attached hydrogens (primary N) is 1. The number of nitrogens with one attached hydrogen (secondary N) is 1. The van der Waals surface area contributed by atoms with Gasteiger partial charge in [-0.25, -0.2) is 4.39 Å². The van der Waals surface area contributed by atoms with E-state index in [0.717, 1.165) is 13.0 Å². The molecule has 1 aliphatic heterocycles. The van der Waals surface area contributed by atoms with Gasteiger partial charge in [-0.05, 0) is 45.6 Å². The minimum Gasteiger partial charge on any atom is -0.384 e. The molecule has 0 saturated carbocycles. The van der Waals surface area contributed by atoms with Gasteiger partial charge in [0.1, 0.15) is 5.84 Å². The van der Waals surface area contributed by atoms with Crippen molar-refractivity contribution >= 4 is 27.5 Å². The van der Waals surface area contributed by atoms with Crippen LogP contribution in [0, 0.1) is 11.2 Å². The average Bonchev–Trinajstić information content (AvgIpc) is 2.49. The van der Waals surface area contributed by atoms with Crippen molar-refractivity contribution in [1.82, 2.24) is 0 Å². The Balaban J connectivity index is 1.96. The van der Waals surface area contributed by atoms with Crippen LogP contribution in [0.2, 0.25) is 0 Å². The predicted octanol–water partition coefficient (Wildman–Crippen LogP) is 3.43. The lowest BCUT2D eigenvalue weighted by Gasteiger charge is -2.31. The van der Waals surface area contributed by atoms with Crippen molar-refractivity contribution in [2.45, 2.75) is 13.0 Å². The van der Waals surface area contributed by atoms with Crippen molar-refractivity contribution in [1.29, 1.82) is 5.41 Å². The summed E-state index contributed by atoms with van der Waals surface area (Å²) in [5.74, 6) is -0.501. The van der Waals surface area contributed by atoms with E-state index < -0.39 is 0 Å². The molecule has 0 aliphatic carbocycles. The number of nitrogens with zero attached hydrogens (tertiary/aromatic N) is 1. The Morgan fingerprint density at radius 1 is 1.19 bits per heavy atom. The summed E-state index contributed by atoms with van der Waals surface area (Å²) in [5, 5.41) is 7.45. The number of rotatable bonds is 2. The van der Waals surface area contributed by atoms with Crippen LogP contribution < -0.4 is 10.6 Å². The number of amidine groups is 1. The maximum absolute atomic E-state index is 14.5. The molecule has 0 spiro atoms. The highest BCUT2D eigenvalue weighted by atomic mass is 79.9. The summed E-state index contributed by atoms with van der Waals surface area (Å²) in [4.78, 5) is 2.02. The van der Waals surface area contributed by atoms with Gasteiger partial charge in [0.2, 0.25) is 0 Å². The molecule has 1 aliphatic rings. The lowest BCUT2D eigenvalue weighted by Crippen LogP contribution is -2.31. The molecule has 2 aromatic rings. The van der Waals surface area contributed by atoms with Gasteiger partial charge in [0, 0.05) is 18.7 Å². The highest BCUT2D eigenvalue weighted by Crippen LogP contribution is 2.32. The van der Waals surface area contributed by atoms with Crippen molar-refractivity contribution in [2.75, 3.05) is 11.4 Å². The topological polar surface area (TPSA) is 53.1 Å². The molecule has 1 heterocycles. The quantitative estimate of drug-likeness (QED) is 0.645. The standard InChI is InChI=1S/C16H15BrFN3/c17-14-12(16(19)20)5-6-13(15(14)18)21-8-7-10-3-1-2-4-11(10)9-21/h1-6H,7-9H2,(H3,19,20). The zero-order valence-electron chi connectivity index (χ0n) is 11.4. The van der Waals surface area contributed by atoms with E-state index in [1.807, 2.05) is 17.0 Å². The summed E-state index contributed by atoms with van der Waals surface area (Å²) in [6.07, 6.45) is 0.904. The van der Waals surface area contributed by atoms with E-state index in [2.05, 4.69) is 28.1 Å². The molecule has 108 valence electrons. The summed E-state index contributed by atoms with van der Waals surface area (Å²) >= 11 is 3.21. The second kappa shape index (κ2) is 5.48. The first-order chi connectivity index (χ1) is 10.1. The Labute approximate surface area is 131 Å². The van der Waals surface area contributed by atoms with E-state index in [-0.39, 0.29) is 16.1 Å². The highest BCUT2D eigenvalue weighted by Gasteiger charge is 2.21. The predicted molar refractivity (Wildman–Crippen MR) is 86.3 cm³/mol. The van der Waals surface area contributed by atoms with E-state index in [4.69, 9.17) is 11.1 Å². The number of halogens is 2. The first kappa shape index (κ1) is 14.1. The molecule has 0 amide bonds. The third-order valence-corrected chi connectivity index (χ3v) is 4.60. The summed E-state index contributed by atoms with van der Waals surface area (Å²) in [6.45, 7) is 1.47. The van der Waals surface area contributed by atoms with Gasteiger partial charge < -0.3 is 10.6 Å². The molecule has 0 bridgehead atoms. The van der Waals surface area contributed by atoms with Crippen molar-refractivity contribution < 1.29 is 4.39 Å². The van der Waals surface area contributed by atoms with Gasteiger partial charge >= 0.3 is 0 Å². The number of nitrogen functional groups attached to an aromatic ring is 1. The van der Waals surface area contributed by atoms with E-state index in [1.54, 1.807) is 12.1 Å². The zero-order valence-corrected chi connectivity index (χ0v) is 13.0. The van der Waals surface area contributed by atoms with E-state index in [1.165, 1.54) is 11.1 Å². The van der Waals surface area contributed by atoms with Crippen LogP contribution in [0.4, 0.5) is 10.1 Å². The Morgan fingerprint density at radius 2 is 1.90 bits per heavy atom. The van der Waals surface area contributed by atoms with Gasteiger partial charge in [-0.3, -0.25) is 5.41 Å². The average molecular weight is 348 g/mol. The second-order valence-electron chi connectivity index (χ2n) is 5.11. The van der Waals surface area contributed by atoms with Crippen molar-refractivity contribution in [3.8, 4) is 0 Å². The van der Waals surface area contributed by atoms with Gasteiger partial charge in [0.25, 0.3) is 0 Å². The number of hydrogen-bond donors (Lipinski definition) is 2. The Kier molecular flexibility index (Phi) is 3.68. The molecule has 21 heavy (non-hydrogen) atoms. The second-order valence-corrected chi connectivity index (χ2v) is 5.91. The molecule has 0 saturated heterocycles. The van der Waals surface area contributed by atoms with Crippen LogP contribution in [0.5, 0.6) is 0 Å². The Bertz CT molecular complexity index is 715. The Morgan fingerprint density at radius 3 is 2.62 bits per heavy atom. The summed E-state index contributed by atoms with van der Waals surface area (Å²) in [5.41, 5.74) is 8.93. The van der Waals surface area contributed by atoms with E-state index in [0.29, 0.717) is 17.8 Å². The largest absolute Gasteiger partial charge is 0.384 e. The van der Waals surface area contributed by atoms with Gasteiger partial charge in [-0.15, -0.1) is 0 Å². The number of benzene rings is 2. The van der Waals surface area contributed by atoms with Crippen LogP contribution in [-0.2, 0) is 13.0 Å². The van der Waals surface area contributed by atoms with Crippen LogP contribution >= 0.6 is 15.9 Å². The smallest absolute Gasteiger partial charge is 0.161 e. The third kappa shape index (κ3) is 2.53. The normalized spacial score (nSPS) is 13.9. The number of fused-ring (bicyclic) bond motifs is 1. The van der Waals surface area contributed by atoms with E-state index in [9.17, 15) is 4.39 Å². The highest BCUT2D eigenvalue weighted by molar-refractivity contribution is 9.10. The van der Waals surface area contributed by atoms with Crippen molar-refractivity contribution in [3.05, 3.63) is 63.4 Å². The molecule has 0 aromatic heterocycles. The van der Waals surface area contributed by atoms with E-state index >= 15 is 0 Å². The fraction of sp³-hybridized carbons (Fsp3) is 0.188. The molecular formula is C16H15BrFN3. The minimum atomic E-state index is -0.359. The molecule has 0 fully saturated rings. The van der Waals surface area contributed by atoms with Gasteiger partial charge in [0.15, 0.2) is 5.82 Å². The number of anilines is 1. The minimum absolute atomic E-state index is 0.142. The Hall–Kier alpha value is -1.88.